The maximum atomic E-state index is 12.2. The summed E-state index contributed by atoms with van der Waals surface area (Å²) < 4.78 is 11.0. The molecule has 0 spiro atoms. The first-order chi connectivity index (χ1) is 10.1. The van der Waals surface area contributed by atoms with Crippen LogP contribution in [0.2, 0.25) is 0 Å². The molecule has 1 aliphatic rings. The molecule has 0 heterocycles. The molecule has 2 rings (SSSR count). The van der Waals surface area contributed by atoms with Crippen molar-refractivity contribution >= 4 is 5.91 Å². The van der Waals surface area contributed by atoms with Crippen molar-refractivity contribution < 1.29 is 14.3 Å². The zero-order chi connectivity index (χ0) is 15.2. The van der Waals surface area contributed by atoms with E-state index in [1.807, 2.05) is 12.1 Å². The van der Waals surface area contributed by atoms with Gasteiger partial charge in [-0.1, -0.05) is 18.9 Å². The van der Waals surface area contributed by atoms with Crippen LogP contribution in [0.5, 0.6) is 11.5 Å². The van der Waals surface area contributed by atoms with E-state index in [0.717, 1.165) is 18.4 Å². The second kappa shape index (κ2) is 7.31. The van der Waals surface area contributed by atoms with Crippen molar-refractivity contribution in [2.45, 2.75) is 51.3 Å². The summed E-state index contributed by atoms with van der Waals surface area (Å²) in [4.78, 5) is 12.2. The van der Waals surface area contributed by atoms with Gasteiger partial charge in [0.2, 0.25) is 0 Å². The van der Waals surface area contributed by atoms with Crippen molar-refractivity contribution in [3.8, 4) is 11.5 Å². The molecule has 0 bridgehead atoms. The number of hydrogen-bond acceptors (Lipinski definition) is 4. The average molecular weight is 292 g/mol. The van der Waals surface area contributed by atoms with Crippen LogP contribution in [0.15, 0.2) is 18.2 Å². The Morgan fingerprint density at radius 3 is 2.76 bits per heavy atom. The summed E-state index contributed by atoms with van der Waals surface area (Å²) >= 11 is 0. The van der Waals surface area contributed by atoms with Crippen LogP contribution in [0.25, 0.3) is 0 Å². The molecule has 1 aliphatic carbocycles. The minimum absolute atomic E-state index is 0.0762. The monoisotopic (exact) mass is 292 g/mol. The average Bonchev–Trinajstić information content (AvgIpc) is 2.99. The SMILES string of the molecule is COc1ccc(CN)c(OC(C)C(=O)NC2CCCC2)c1. The van der Waals surface area contributed by atoms with E-state index in [0.29, 0.717) is 24.1 Å². The molecule has 0 saturated heterocycles. The highest BCUT2D eigenvalue weighted by Crippen LogP contribution is 2.25. The molecule has 1 aromatic rings. The molecule has 1 unspecified atom stereocenters. The van der Waals surface area contributed by atoms with Crippen LogP contribution in [0.1, 0.15) is 38.2 Å². The van der Waals surface area contributed by atoms with Crippen LogP contribution in [-0.2, 0) is 11.3 Å². The van der Waals surface area contributed by atoms with Gasteiger partial charge in [0.05, 0.1) is 7.11 Å². The second-order valence-electron chi connectivity index (χ2n) is 5.43. The predicted molar refractivity (Wildman–Crippen MR) is 81.4 cm³/mol. The van der Waals surface area contributed by atoms with Crippen LogP contribution < -0.4 is 20.5 Å². The molecule has 1 aromatic carbocycles. The minimum atomic E-state index is -0.553. The summed E-state index contributed by atoms with van der Waals surface area (Å²) in [7, 11) is 1.59. The maximum Gasteiger partial charge on any atom is 0.260 e. The fourth-order valence-corrected chi connectivity index (χ4v) is 2.57. The molecule has 21 heavy (non-hydrogen) atoms. The molecular formula is C16H24N2O3. The van der Waals surface area contributed by atoms with Crippen molar-refractivity contribution in [1.29, 1.82) is 0 Å². The third-order valence-electron chi connectivity index (χ3n) is 3.87. The van der Waals surface area contributed by atoms with Crippen LogP contribution in [-0.4, -0.2) is 25.2 Å². The minimum Gasteiger partial charge on any atom is -0.497 e. The molecule has 5 nitrogen and oxygen atoms in total. The predicted octanol–water partition coefficient (Wildman–Crippen LogP) is 1.98. The van der Waals surface area contributed by atoms with Gasteiger partial charge in [-0.3, -0.25) is 4.79 Å². The Morgan fingerprint density at radius 1 is 1.43 bits per heavy atom. The molecule has 1 fully saturated rings. The zero-order valence-electron chi connectivity index (χ0n) is 12.7. The molecule has 0 radical (unpaired) electrons. The third-order valence-corrected chi connectivity index (χ3v) is 3.87. The van der Waals surface area contributed by atoms with Crippen molar-refractivity contribution in [3.05, 3.63) is 23.8 Å². The van der Waals surface area contributed by atoms with Crippen molar-refractivity contribution in [2.75, 3.05) is 7.11 Å². The second-order valence-corrected chi connectivity index (χ2v) is 5.43. The number of carbonyl (C=O) groups is 1. The molecule has 1 saturated carbocycles. The summed E-state index contributed by atoms with van der Waals surface area (Å²) in [6.07, 6.45) is 3.95. The lowest BCUT2D eigenvalue weighted by Gasteiger charge is -2.19. The van der Waals surface area contributed by atoms with Crippen molar-refractivity contribution in [3.63, 3.8) is 0 Å². The van der Waals surface area contributed by atoms with E-state index in [1.54, 1.807) is 20.1 Å². The van der Waals surface area contributed by atoms with E-state index in [4.69, 9.17) is 15.2 Å². The summed E-state index contributed by atoms with van der Waals surface area (Å²) in [6, 6.07) is 5.75. The van der Waals surface area contributed by atoms with Gasteiger partial charge in [-0.15, -0.1) is 0 Å². The molecule has 116 valence electrons. The highest BCUT2D eigenvalue weighted by molar-refractivity contribution is 5.81. The summed E-state index contributed by atoms with van der Waals surface area (Å²) in [5, 5.41) is 3.04. The lowest BCUT2D eigenvalue weighted by Crippen LogP contribution is -2.41. The van der Waals surface area contributed by atoms with E-state index in [-0.39, 0.29) is 5.91 Å². The van der Waals surface area contributed by atoms with Crippen LogP contribution in [0, 0.1) is 0 Å². The number of nitrogens with one attached hydrogen (secondary N) is 1. The summed E-state index contributed by atoms with van der Waals surface area (Å²) in [5.74, 6) is 1.21. The third kappa shape index (κ3) is 4.11. The Balaban J connectivity index is 2.00. The number of carbonyl (C=O) groups excluding carboxylic acids is 1. The number of amides is 1. The van der Waals surface area contributed by atoms with E-state index < -0.39 is 6.10 Å². The van der Waals surface area contributed by atoms with Gasteiger partial charge in [-0.05, 0) is 25.8 Å². The Hall–Kier alpha value is -1.75. The Labute approximate surface area is 125 Å². The number of hydrogen-bond donors (Lipinski definition) is 2. The first-order valence-electron chi connectivity index (χ1n) is 7.48. The van der Waals surface area contributed by atoms with E-state index in [2.05, 4.69) is 5.32 Å². The molecular weight excluding hydrogens is 268 g/mol. The van der Waals surface area contributed by atoms with Gasteiger partial charge < -0.3 is 20.5 Å². The smallest absolute Gasteiger partial charge is 0.260 e. The molecule has 5 heteroatoms. The van der Waals surface area contributed by atoms with Crippen LogP contribution >= 0.6 is 0 Å². The summed E-state index contributed by atoms with van der Waals surface area (Å²) in [6.45, 7) is 2.11. The highest BCUT2D eigenvalue weighted by atomic mass is 16.5. The van der Waals surface area contributed by atoms with Gasteiger partial charge in [0.15, 0.2) is 6.10 Å². The Bertz CT molecular complexity index is 484. The standard InChI is InChI=1S/C16H24N2O3/c1-11(16(19)18-13-5-3-4-6-13)21-15-9-14(20-2)8-7-12(15)10-17/h7-9,11,13H,3-6,10,17H2,1-2H3,(H,18,19). The number of benzene rings is 1. The molecule has 0 aromatic heterocycles. The fourth-order valence-electron chi connectivity index (χ4n) is 2.57. The van der Waals surface area contributed by atoms with Gasteiger partial charge in [0, 0.05) is 24.2 Å². The van der Waals surface area contributed by atoms with Gasteiger partial charge in [-0.2, -0.15) is 0 Å². The van der Waals surface area contributed by atoms with Gasteiger partial charge >= 0.3 is 0 Å². The molecule has 0 aliphatic heterocycles. The number of methoxy groups -OCH3 is 1. The maximum absolute atomic E-state index is 12.2. The van der Waals surface area contributed by atoms with E-state index in [9.17, 15) is 4.79 Å². The quantitative estimate of drug-likeness (QED) is 0.841. The topological polar surface area (TPSA) is 73.6 Å². The molecule has 3 N–H and O–H groups in total. The normalized spacial score (nSPS) is 16.5. The summed E-state index contributed by atoms with van der Waals surface area (Å²) in [5.41, 5.74) is 6.56. The van der Waals surface area contributed by atoms with Crippen LogP contribution in [0.4, 0.5) is 0 Å². The first-order valence-corrected chi connectivity index (χ1v) is 7.48. The van der Waals surface area contributed by atoms with Crippen LogP contribution in [0.3, 0.4) is 0 Å². The Morgan fingerprint density at radius 2 is 2.14 bits per heavy atom. The lowest BCUT2D eigenvalue weighted by atomic mass is 10.2. The van der Waals surface area contributed by atoms with Gasteiger partial charge in [0.25, 0.3) is 5.91 Å². The first kappa shape index (κ1) is 15.6. The largest absolute Gasteiger partial charge is 0.497 e. The van der Waals surface area contributed by atoms with Crippen molar-refractivity contribution in [1.82, 2.24) is 5.32 Å². The van der Waals surface area contributed by atoms with Gasteiger partial charge in [-0.25, -0.2) is 0 Å². The van der Waals surface area contributed by atoms with E-state index >= 15 is 0 Å². The fraction of sp³-hybridized carbons (Fsp3) is 0.562. The number of ether oxygens (including phenoxy) is 2. The zero-order valence-corrected chi connectivity index (χ0v) is 12.7. The lowest BCUT2D eigenvalue weighted by molar-refractivity contribution is -0.128. The van der Waals surface area contributed by atoms with E-state index in [1.165, 1.54) is 12.8 Å². The van der Waals surface area contributed by atoms with Gasteiger partial charge in [0.1, 0.15) is 11.5 Å². The molecule has 1 amide bonds. The number of rotatable bonds is 6. The number of nitrogens with two attached hydrogens (primary N) is 1. The highest BCUT2D eigenvalue weighted by Gasteiger charge is 2.22. The molecule has 1 atom stereocenters. The Kier molecular flexibility index (Phi) is 5.44. The van der Waals surface area contributed by atoms with Crippen molar-refractivity contribution in [2.24, 2.45) is 5.73 Å².